The number of primary amides is 1. The Morgan fingerprint density at radius 1 is 1.07 bits per heavy atom. The lowest BCUT2D eigenvalue weighted by Gasteiger charge is -2.33. The number of aromatic nitrogens is 1. The number of hydrogen-bond donors (Lipinski definition) is 3. The van der Waals surface area contributed by atoms with Crippen molar-refractivity contribution in [2.45, 2.75) is 43.2 Å². The van der Waals surface area contributed by atoms with E-state index in [9.17, 15) is 19.2 Å². The number of carbonyl (C=O) groups excluding carboxylic acids is 4. The van der Waals surface area contributed by atoms with E-state index >= 15 is 0 Å². The first-order chi connectivity index (χ1) is 19.3. The summed E-state index contributed by atoms with van der Waals surface area (Å²) in [5.74, 6) is -0.611. The maximum Gasteiger partial charge on any atom is 0.271 e. The van der Waals surface area contributed by atoms with Crippen LogP contribution in [0.3, 0.4) is 0 Å². The number of nitrogens with zero attached hydrogens (tertiary/aromatic N) is 2. The van der Waals surface area contributed by atoms with Gasteiger partial charge >= 0.3 is 0 Å². The topological polar surface area (TPSA) is 138 Å². The van der Waals surface area contributed by atoms with Crippen molar-refractivity contribution in [3.8, 4) is 5.75 Å². The summed E-state index contributed by atoms with van der Waals surface area (Å²) in [6.07, 6.45) is 2.88. The van der Waals surface area contributed by atoms with Crippen LogP contribution in [-0.2, 0) is 19.8 Å². The number of hydrogen-bond acceptors (Lipinski definition) is 5. The van der Waals surface area contributed by atoms with Crippen LogP contribution in [0.25, 0.3) is 10.9 Å². The number of ether oxygens (including phenoxy) is 1. The van der Waals surface area contributed by atoms with Gasteiger partial charge in [-0.3, -0.25) is 19.2 Å². The fraction of sp³-hybridized carbons (Fsp3) is 0.400. The molecule has 0 radical (unpaired) electrons. The van der Waals surface area contributed by atoms with Gasteiger partial charge in [0.1, 0.15) is 23.5 Å². The minimum atomic E-state index is -1.05. The molecule has 1 saturated carbocycles. The van der Waals surface area contributed by atoms with Crippen molar-refractivity contribution in [1.82, 2.24) is 14.8 Å². The third kappa shape index (κ3) is 3.41. The largest absolute Gasteiger partial charge is 0.496 e. The summed E-state index contributed by atoms with van der Waals surface area (Å²) >= 11 is 0. The normalized spacial score (nSPS) is 28.7. The van der Waals surface area contributed by atoms with Gasteiger partial charge in [-0.15, -0.1) is 0 Å². The van der Waals surface area contributed by atoms with E-state index < -0.39 is 23.4 Å². The number of H-pyrrole nitrogens is 1. The summed E-state index contributed by atoms with van der Waals surface area (Å²) in [4.78, 5) is 60.8. The zero-order valence-electron chi connectivity index (χ0n) is 22.2. The van der Waals surface area contributed by atoms with Crippen LogP contribution in [0.15, 0.2) is 48.5 Å². The summed E-state index contributed by atoms with van der Waals surface area (Å²) in [6.45, 7) is 0.512. The molecule has 5 atom stereocenters. The van der Waals surface area contributed by atoms with E-state index in [2.05, 4.69) is 10.3 Å². The Hall–Kier alpha value is -4.34. The minimum Gasteiger partial charge on any atom is -0.496 e. The van der Waals surface area contributed by atoms with Gasteiger partial charge in [0.05, 0.1) is 12.5 Å². The predicted molar refractivity (Wildman–Crippen MR) is 147 cm³/mol. The number of fused-ring (bicyclic) bond motifs is 4. The Bertz CT molecular complexity index is 1580. The molecule has 1 aliphatic carbocycles. The predicted octanol–water partition coefficient (Wildman–Crippen LogP) is 2.39. The van der Waals surface area contributed by atoms with Crippen molar-refractivity contribution in [2.24, 2.45) is 17.6 Å². The minimum absolute atomic E-state index is 0.00914. The molecular formula is C30H31N5O5. The first-order valence-electron chi connectivity index (χ1n) is 13.8. The first-order valence-corrected chi connectivity index (χ1v) is 13.8. The van der Waals surface area contributed by atoms with Gasteiger partial charge in [0, 0.05) is 29.7 Å². The molecule has 206 valence electrons. The Morgan fingerprint density at radius 3 is 2.70 bits per heavy atom. The zero-order valence-corrected chi connectivity index (χ0v) is 22.2. The number of benzene rings is 2. The number of para-hydroxylation sites is 1. The van der Waals surface area contributed by atoms with E-state index in [0.29, 0.717) is 23.7 Å². The monoisotopic (exact) mass is 541 g/mol. The molecule has 3 fully saturated rings. The van der Waals surface area contributed by atoms with Crippen LogP contribution in [0.1, 0.15) is 41.7 Å². The summed E-state index contributed by atoms with van der Waals surface area (Å²) in [5.41, 5.74) is 7.40. The maximum atomic E-state index is 14.4. The number of methoxy groups -OCH3 is 1. The Morgan fingerprint density at radius 2 is 1.90 bits per heavy atom. The van der Waals surface area contributed by atoms with Crippen molar-refractivity contribution < 1.29 is 23.9 Å². The van der Waals surface area contributed by atoms with Gasteiger partial charge in [-0.2, -0.15) is 0 Å². The number of likely N-dealkylation sites (tertiary alicyclic amines) is 2. The highest BCUT2D eigenvalue weighted by Crippen LogP contribution is 2.49. The van der Waals surface area contributed by atoms with Crippen molar-refractivity contribution in [2.75, 3.05) is 25.5 Å². The zero-order chi connectivity index (χ0) is 27.8. The summed E-state index contributed by atoms with van der Waals surface area (Å²) in [5, 5.41) is 3.71. The second kappa shape index (κ2) is 8.84. The number of carbonyl (C=O) groups is 4. The molecule has 1 spiro atoms. The molecule has 0 unspecified atom stereocenters. The molecule has 4 aliphatic rings. The van der Waals surface area contributed by atoms with E-state index in [0.717, 1.165) is 35.7 Å². The molecule has 40 heavy (non-hydrogen) atoms. The molecule has 0 bridgehead atoms. The number of rotatable bonds is 4. The molecule has 7 rings (SSSR count). The van der Waals surface area contributed by atoms with Gasteiger partial charge in [-0.1, -0.05) is 30.7 Å². The molecule has 10 heteroatoms. The number of nitrogens with two attached hydrogens (primary N) is 1. The molecule has 3 aromatic rings. The van der Waals surface area contributed by atoms with Crippen molar-refractivity contribution in [1.29, 1.82) is 0 Å². The first kappa shape index (κ1) is 24.7. The summed E-state index contributed by atoms with van der Waals surface area (Å²) in [7, 11) is 1.58. The molecule has 2 aromatic carbocycles. The highest BCUT2D eigenvalue weighted by Gasteiger charge is 2.60. The van der Waals surface area contributed by atoms with E-state index in [1.807, 2.05) is 42.5 Å². The van der Waals surface area contributed by atoms with Gasteiger partial charge < -0.3 is 30.6 Å². The average molecular weight is 542 g/mol. The third-order valence-electron chi connectivity index (χ3n) is 9.57. The molecule has 2 saturated heterocycles. The lowest BCUT2D eigenvalue weighted by atomic mass is 9.79. The van der Waals surface area contributed by atoms with Crippen LogP contribution in [0.2, 0.25) is 0 Å². The van der Waals surface area contributed by atoms with Crippen molar-refractivity contribution in [3.05, 3.63) is 59.8 Å². The fourth-order valence-electron chi connectivity index (χ4n) is 7.70. The van der Waals surface area contributed by atoms with E-state index in [-0.39, 0.29) is 42.5 Å². The van der Waals surface area contributed by atoms with Crippen molar-refractivity contribution in [3.63, 3.8) is 0 Å². The number of amides is 4. The molecule has 4 N–H and O–H groups in total. The Balaban J connectivity index is 1.25. The Labute approximate surface area is 230 Å². The Kier molecular flexibility index (Phi) is 5.45. The highest BCUT2D eigenvalue weighted by molar-refractivity contribution is 6.08. The fourth-order valence-corrected chi connectivity index (χ4v) is 7.70. The quantitative estimate of drug-likeness (QED) is 0.466. The third-order valence-corrected chi connectivity index (χ3v) is 9.57. The van der Waals surface area contributed by atoms with Gasteiger partial charge in [-0.05, 0) is 60.9 Å². The molecule has 4 amide bonds. The molecule has 4 heterocycles. The molecule has 10 nitrogen and oxygen atoms in total. The van der Waals surface area contributed by atoms with Crippen LogP contribution in [-0.4, -0.2) is 70.7 Å². The van der Waals surface area contributed by atoms with Gasteiger partial charge in [0.25, 0.3) is 5.91 Å². The molecule has 1 aromatic heterocycles. The standard InChI is InChI=1S/C30H31N5O5/c1-40-24-11-5-10-20-18(24)12-22(32-20)27(37)34-14-16-6-4-7-17(16)25(34)28(38)35-15-30(13-23(35)26(31)36)19-8-2-3-9-21(19)33-29(30)39/h2-3,5,8-12,16-17,23,25,32H,4,6-7,13-15H2,1H3,(H2,31,36)(H,33,39)/t16-,17-,23-,25-,30-/m0/s1. The van der Waals surface area contributed by atoms with Crippen LogP contribution < -0.4 is 15.8 Å². The number of anilines is 1. The number of nitrogens with one attached hydrogen (secondary N) is 2. The second-order valence-corrected chi connectivity index (χ2v) is 11.5. The summed E-state index contributed by atoms with van der Waals surface area (Å²) in [6, 6.07) is 13.0. The molecular weight excluding hydrogens is 510 g/mol. The van der Waals surface area contributed by atoms with Gasteiger partial charge in [0.15, 0.2) is 0 Å². The van der Waals surface area contributed by atoms with Crippen LogP contribution in [0, 0.1) is 11.8 Å². The maximum absolute atomic E-state index is 14.4. The van der Waals surface area contributed by atoms with Crippen LogP contribution >= 0.6 is 0 Å². The van der Waals surface area contributed by atoms with E-state index in [1.165, 1.54) is 4.90 Å². The highest BCUT2D eigenvalue weighted by atomic mass is 16.5. The van der Waals surface area contributed by atoms with E-state index in [1.54, 1.807) is 18.1 Å². The summed E-state index contributed by atoms with van der Waals surface area (Å²) < 4.78 is 5.47. The van der Waals surface area contributed by atoms with Crippen LogP contribution in [0.5, 0.6) is 5.75 Å². The lowest BCUT2D eigenvalue weighted by Crippen LogP contribution is -2.54. The van der Waals surface area contributed by atoms with Gasteiger partial charge in [-0.25, -0.2) is 0 Å². The second-order valence-electron chi connectivity index (χ2n) is 11.5. The molecule has 3 aliphatic heterocycles. The number of aromatic amines is 1. The SMILES string of the molecule is COc1cccc2[nH]c(C(=O)N3C[C@@H]4CCC[C@@H]4[C@H]3C(=O)N3C[C@]4(C[C@H]3C(N)=O)C(=O)Nc3ccccc34)cc12. The van der Waals surface area contributed by atoms with Crippen molar-refractivity contribution >= 4 is 40.2 Å². The van der Waals surface area contributed by atoms with Crippen LogP contribution in [0.4, 0.5) is 5.69 Å². The van der Waals surface area contributed by atoms with Gasteiger partial charge in [0.2, 0.25) is 17.7 Å². The average Bonchev–Trinajstić information content (AvgIpc) is 3.76. The lowest BCUT2D eigenvalue weighted by molar-refractivity contribution is -0.141. The smallest absolute Gasteiger partial charge is 0.271 e. The van der Waals surface area contributed by atoms with E-state index in [4.69, 9.17) is 10.5 Å².